The molecular weight excluding hydrogens is 238 g/mol. The standard InChI is InChI=1S/C15H25N3O/c1-10(2)9-19-14-7-5-4-6-12(14)15-13(8-16)11(3)17-18-15/h4-7,10-11,13,15,17-18H,8-9,16H2,1-3H3. The van der Waals surface area contributed by atoms with E-state index in [4.69, 9.17) is 10.5 Å². The molecule has 0 spiro atoms. The minimum atomic E-state index is 0.211. The van der Waals surface area contributed by atoms with Crippen LogP contribution in [0.4, 0.5) is 0 Å². The van der Waals surface area contributed by atoms with E-state index in [1.54, 1.807) is 0 Å². The molecule has 106 valence electrons. The monoisotopic (exact) mass is 263 g/mol. The molecule has 0 aliphatic carbocycles. The average Bonchev–Trinajstić information content (AvgIpc) is 2.77. The lowest BCUT2D eigenvalue weighted by Gasteiger charge is -2.22. The fourth-order valence-corrected chi connectivity index (χ4v) is 2.50. The summed E-state index contributed by atoms with van der Waals surface area (Å²) in [6, 6.07) is 8.81. The smallest absolute Gasteiger partial charge is 0.124 e. The van der Waals surface area contributed by atoms with Gasteiger partial charge < -0.3 is 10.5 Å². The maximum atomic E-state index is 5.93. The fourth-order valence-electron chi connectivity index (χ4n) is 2.50. The predicted octanol–water partition coefficient (Wildman–Crippen LogP) is 1.83. The van der Waals surface area contributed by atoms with E-state index in [-0.39, 0.29) is 6.04 Å². The summed E-state index contributed by atoms with van der Waals surface area (Å²) in [5.41, 5.74) is 13.7. The number of ether oxygens (including phenoxy) is 1. The largest absolute Gasteiger partial charge is 0.493 e. The first kappa shape index (κ1) is 14.3. The highest BCUT2D eigenvalue weighted by molar-refractivity contribution is 5.37. The second-order valence-electron chi connectivity index (χ2n) is 5.70. The highest BCUT2D eigenvalue weighted by Gasteiger charge is 2.34. The molecule has 0 bridgehead atoms. The van der Waals surface area contributed by atoms with Gasteiger partial charge in [0.05, 0.1) is 12.6 Å². The SMILES string of the molecule is CC(C)COc1ccccc1C1NNC(C)C1CN. The fraction of sp³-hybridized carbons (Fsp3) is 0.600. The second-order valence-corrected chi connectivity index (χ2v) is 5.70. The lowest BCUT2D eigenvalue weighted by molar-refractivity contribution is 0.264. The molecule has 19 heavy (non-hydrogen) atoms. The van der Waals surface area contributed by atoms with Crippen LogP contribution in [-0.4, -0.2) is 19.2 Å². The topological polar surface area (TPSA) is 59.3 Å². The quantitative estimate of drug-likeness (QED) is 0.758. The summed E-state index contributed by atoms with van der Waals surface area (Å²) in [4.78, 5) is 0. The molecule has 2 rings (SSSR count). The maximum Gasteiger partial charge on any atom is 0.124 e. The lowest BCUT2D eigenvalue weighted by atomic mass is 9.90. The van der Waals surface area contributed by atoms with Crippen LogP contribution in [0.25, 0.3) is 0 Å². The van der Waals surface area contributed by atoms with Crippen LogP contribution in [0.1, 0.15) is 32.4 Å². The van der Waals surface area contributed by atoms with Gasteiger partial charge in [0.1, 0.15) is 5.75 Å². The molecule has 1 saturated heterocycles. The van der Waals surface area contributed by atoms with E-state index in [9.17, 15) is 0 Å². The van der Waals surface area contributed by atoms with E-state index >= 15 is 0 Å². The minimum Gasteiger partial charge on any atom is -0.493 e. The predicted molar refractivity (Wildman–Crippen MR) is 77.8 cm³/mol. The molecule has 0 aromatic heterocycles. The molecule has 0 saturated carbocycles. The summed E-state index contributed by atoms with van der Waals surface area (Å²) >= 11 is 0. The lowest BCUT2D eigenvalue weighted by Crippen LogP contribution is -2.30. The Morgan fingerprint density at radius 1 is 1.26 bits per heavy atom. The Bertz CT molecular complexity index is 408. The van der Waals surface area contributed by atoms with Crippen LogP contribution in [0.3, 0.4) is 0 Å². The van der Waals surface area contributed by atoms with Crippen LogP contribution < -0.4 is 21.3 Å². The van der Waals surface area contributed by atoms with Gasteiger partial charge in [0.2, 0.25) is 0 Å². The highest BCUT2D eigenvalue weighted by Crippen LogP contribution is 2.33. The van der Waals surface area contributed by atoms with Crippen molar-refractivity contribution in [1.82, 2.24) is 10.9 Å². The Balaban J connectivity index is 2.19. The van der Waals surface area contributed by atoms with Crippen molar-refractivity contribution in [2.75, 3.05) is 13.2 Å². The molecule has 3 unspecified atom stereocenters. The molecule has 4 nitrogen and oxygen atoms in total. The number of rotatable bonds is 5. The van der Waals surface area contributed by atoms with Gasteiger partial charge >= 0.3 is 0 Å². The summed E-state index contributed by atoms with van der Waals surface area (Å²) in [6.07, 6.45) is 0. The van der Waals surface area contributed by atoms with Gasteiger partial charge in [-0.1, -0.05) is 32.0 Å². The van der Waals surface area contributed by atoms with Crippen LogP contribution in [0.2, 0.25) is 0 Å². The van der Waals surface area contributed by atoms with Gasteiger partial charge in [0.25, 0.3) is 0 Å². The van der Waals surface area contributed by atoms with E-state index in [1.807, 2.05) is 12.1 Å². The first-order valence-electron chi connectivity index (χ1n) is 7.06. The molecule has 1 aliphatic rings. The molecule has 3 atom stereocenters. The van der Waals surface area contributed by atoms with Gasteiger partial charge in [-0.3, -0.25) is 5.43 Å². The third-order valence-corrected chi connectivity index (χ3v) is 3.64. The number of hydrogen-bond donors (Lipinski definition) is 3. The summed E-state index contributed by atoms with van der Waals surface area (Å²) in [5, 5.41) is 0. The molecule has 1 aliphatic heterocycles. The van der Waals surface area contributed by atoms with Gasteiger partial charge in [-0.15, -0.1) is 0 Å². The van der Waals surface area contributed by atoms with Gasteiger partial charge in [0, 0.05) is 17.5 Å². The average molecular weight is 263 g/mol. The number of hydrazine groups is 1. The third-order valence-electron chi connectivity index (χ3n) is 3.64. The second kappa shape index (κ2) is 6.37. The van der Waals surface area contributed by atoms with Gasteiger partial charge in [0.15, 0.2) is 0 Å². The van der Waals surface area contributed by atoms with E-state index in [2.05, 4.69) is 43.8 Å². The first-order valence-corrected chi connectivity index (χ1v) is 7.06. The van der Waals surface area contributed by atoms with Crippen LogP contribution in [-0.2, 0) is 0 Å². The normalized spacial score (nSPS) is 26.9. The van der Waals surface area contributed by atoms with E-state index in [0.29, 0.717) is 24.4 Å². The van der Waals surface area contributed by atoms with Crippen molar-refractivity contribution >= 4 is 0 Å². The van der Waals surface area contributed by atoms with Crippen molar-refractivity contribution in [3.8, 4) is 5.75 Å². The van der Waals surface area contributed by atoms with Crippen LogP contribution in [0, 0.1) is 11.8 Å². The molecule has 0 amide bonds. The number of para-hydroxylation sites is 1. The third kappa shape index (κ3) is 3.26. The Hall–Kier alpha value is -1.10. The number of benzene rings is 1. The van der Waals surface area contributed by atoms with Crippen LogP contribution >= 0.6 is 0 Å². The van der Waals surface area contributed by atoms with Crippen molar-refractivity contribution in [3.63, 3.8) is 0 Å². The Morgan fingerprint density at radius 2 is 2.00 bits per heavy atom. The molecule has 4 N–H and O–H groups in total. The molecular formula is C15H25N3O. The van der Waals surface area contributed by atoms with Crippen molar-refractivity contribution in [1.29, 1.82) is 0 Å². The molecule has 4 heteroatoms. The first-order chi connectivity index (χ1) is 9.13. The molecule has 1 aromatic carbocycles. The summed E-state index contributed by atoms with van der Waals surface area (Å²) in [6.45, 7) is 7.86. The summed E-state index contributed by atoms with van der Waals surface area (Å²) < 4.78 is 5.93. The van der Waals surface area contributed by atoms with E-state index < -0.39 is 0 Å². The number of hydrogen-bond acceptors (Lipinski definition) is 4. The number of nitrogens with two attached hydrogens (primary N) is 1. The summed E-state index contributed by atoms with van der Waals surface area (Å²) in [5.74, 6) is 1.86. The van der Waals surface area contributed by atoms with E-state index in [1.165, 1.54) is 5.56 Å². The van der Waals surface area contributed by atoms with Crippen molar-refractivity contribution in [2.45, 2.75) is 32.9 Å². The molecule has 1 heterocycles. The van der Waals surface area contributed by atoms with Crippen molar-refractivity contribution in [3.05, 3.63) is 29.8 Å². The Kier molecular flexibility index (Phi) is 4.80. The zero-order valence-corrected chi connectivity index (χ0v) is 12.0. The molecule has 1 fully saturated rings. The van der Waals surface area contributed by atoms with Gasteiger partial charge in [-0.25, -0.2) is 5.43 Å². The van der Waals surface area contributed by atoms with Gasteiger partial charge in [-0.2, -0.15) is 0 Å². The minimum absolute atomic E-state index is 0.211. The molecule has 1 aromatic rings. The van der Waals surface area contributed by atoms with Crippen LogP contribution in [0.15, 0.2) is 24.3 Å². The van der Waals surface area contributed by atoms with Crippen LogP contribution in [0.5, 0.6) is 5.75 Å². The molecule has 0 radical (unpaired) electrons. The Morgan fingerprint density at radius 3 is 2.68 bits per heavy atom. The maximum absolute atomic E-state index is 5.93. The van der Waals surface area contributed by atoms with Gasteiger partial charge in [-0.05, 0) is 25.5 Å². The zero-order chi connectivity index (χ0) is 13.8. The summed E-state index contributed by atoms with van der Waals surface area (Å²) in [7, 11) is 0. The van der Waals surface area contributed by atoms with Crippen molar-refractivity contribution < 1.29 is 4.74 Å². The van der Waals surface area contributed by atoms with E-state index in [0.717, 1.165) is 12.4 Å². The zero-order valence-electron chi connectivity index (χ0n) is 12.0. The van der Waals surface area contributed by atoms with Crippen molar-refractivity contribution in [2.24, 2.45) is 17.6 Å². The Labute approximate surface area is 115 Å². The number of nitrogens with one attached hydrogen (secondary N) is 2. The highest BCUT2D eigenvalue weighted by atomic mass is 16.5.